The van der Waals surface area contributed by atoms with E-state index >= 15 is 0 Å². The lowest BCUT2D eigenvalue weighted by molar-refractivity contribution is 0.0388. The number of aromatic nitrogens is 3. The molecule has 0 bridgehead atoms. The summed E-state index contributed by atoms with van der Waals surface area (Å²) in [4.78, 5) is 33.9. The van der Waals surface area contributed by atoms with Crippen LogP contribution < -0.4 is 0 Å². The van der Waals surface area contributed by atoms with Crippen molar-refractivity contribution >= 4 is 27.9 Å². The molecule has 0 atom stereocenters. The number of halogens is 1. The van der Waals surface area contributed by atoms with Gasteiger partial charge in [-0.05, 0) is 34.1 Å². The molecule has 1 heterocycles. The molecule has 0 aliphatic heterocycles. The molecule has 1 N–H and O–H groups in total. The lowest BCUT2D eigenvalue weighted by atomic mass is 10.2. The van der Waals surface area contributed by atoms with Crippen LogP contribution in [0.15, 0.2) is 35.3 Å². The van der Waals surface area contributed by atoms with Gasteiger partial charge in [-0.25, -0.2) is 24.5 Å². The second kappa shape index (κ2) is 5.53. The van der Waals surface area contributed by atoms with Crippen molar-refractivity contribution in [1.29, 1.82) is 0 Å². The number of nitrogens with zero attached hydrogens (tertiary/aromatic N) is 3. The first-order chi connectivity index (χ1) is 9.08. The Hall–Kier alpha value is -2.35. The summed E-state index contributed by atoms with van der Waals surface area (Å²) in [5.41, 5.74) is 0.104. The zero-order valence-electron chi connectivity index (χ0n) is 9.28. The van der Waals surface area contributed by atoms with E-state index in [1.54, 1.807) is 0 Å². The van der Waals surface area contributed by atoms with Gasteiger partial charge in [-0.1, -0.05) is 0 Å². The largest absolute Gasteiger partial charge is 0.507 e. The maximum Gasteiger partial charge on any atom is 0.384 e. The lowest BCUT2D eigenvalue weighted by Gasteiger charge is -2.03. The van der Waals surface area contributed by atoms with Crippen molar-refractivity contribution < 1.29 is 19.4 Å². The Morgan fingerprint density at radius 1 is 1.16 bits per heavy atom. The molecule has 0 radical (unpaired) electrons. The van der Waals surface area contributed by atoms with Gasteiger partial charge in [0.2, 0.25) is 5.82 Å². The van der Waals surface area contributed by atoms with Crippen LogP contribution in [0.1, 0.15) is 21.0 Å². The van der Waals surface area contributed by atoms with E-state index in [4.69, 9.17) is 0 Å². The number of phenols is 1. The van der Waals surface area contributed by atoms with E-state index in [0.29, 0.717) is 4.47 Å². The molecule has 0 amide bonds. The van der Waals surface area contributed by atoms with Crippen LogP contribution in [0.4, 0.5) is 0 Å². The summed E-state index contributed by atoms with van der Waals surface area (Å²) in [5, 5.41) is 9.29. The van der Waals surface area contributed by atoms with Crippen molar-refractivity contribution in [2.75, 3.05) is 0 Å². The fourth-order valence-corrected chi connectivity index (χ4v) is 1.55. The van der Waals surface area contributed by atoms with Gasteiger partial charge in [0, 0.05) is 0 Å². The van der Waals surface area contributed by atoms with Crippen molar-refractivity contribution in [2.45, 2.75) is 0 Å². The number of carbonyl (C=O) groups is 2. The third-order valence-corrected chi connectivity index (χ3v) is 2.68. The standard InChI is InChI=1S/C11H6BrN3O4/c12-7-3-6(1-2-8(7)16)10(17)19-11(18)9-14-4-13-5-15-9/h1-5,16H. The Bertz CT molecular complexity index is 633. The van der Waals surface area contributed by atoms with Crippen LogP contribution >= 0.6 is 15.9 Å². The maximum absolute atomic E-state index is 11.7. The molecule has 0 saturated carbocycles. The molecule has 0 fully saturated rings. The van der Waals surface area contributed by atoms with Crippen LogP contribution in [0.5, 0.6) is 5.75 Å². The Balaban J connectivity index is 2.13. The summed E-state index contributed by atoms with van der Waals surface area (Å²) in [6.07, 6.45) is 2.23. The highest BCUT2D eigenvalue weighted by atomic mass is 79.9. The van der Waals surface area contributed by atoms with Crippen LogP contribution in [0.2, 0.25) is 0 Å². The summed E-state index contributed by atoms with van der Waals surface area (Å²) in [5.74, 6) is -2.13. The van der Waals surface area contributed by atoms with Crippen LogP contribution in [-0.2, 0) is 4.74 Å². The molecule has 1 aromatic heterocycles. The smallest absolute Gasteiger partial charge is 0.384 e. The van der Waals surface area contributed by atoms with Crippen molar-refractivity contribution in [3.05, 3.63) is 46.7 Å². The highest BCUT2D eigenvalue weighted by molar-refractivity contribution is 9.10. The Morgan fingerprint density at radius 3 is 2.47 bits per heavy atom. The second-order valence-corrected chi connectivity index (χ2v) is 4.16. The number of hydrogen-bond donors (Lipinski definition) is 1. The maximum atomic E-state index is 11.7. The van der Waals surface area contributed by atoms with E-state index in [-0.39, 0.29) is 17.1 Å². The SMILES string of the molecule is O=C(OC(=O)c1ncncn1)c1ccc(O)c(Br)c1. The molecule has 0 saturated heterocycles. The molecule has 2 rings (SSSR count). The van der Waals surface area contributed by atoms with Crippen molar-refractivity contribution in [1.82, 2.24) is 15.0 Å². The first kappa shape index (κ1) is 13.1. The Kier molecular flexibility index (Phi) is 3.81. The molecule has 0 aliphatic carbocycles. The first-order valence-electron chi connectivity index (χ1n) is 4.95. The average Bonchev–Trinajstić information content (AvgIpc) is 2.42. The zero-order valence-corrected chi connectivity index (χ0v) is 10.9. The Labute approximate surface area is 115 Å². The quantitative estimate of drug-likeness (QED) is 0.657. The van der Waals surface area contributed by atoms with Crippen molar-refractivity contribution in [3.8, 4) is 5.75 Å². The molecule has 0 unspecified atom stereocenters. The normalized spacial score (nSPS) is 9.95. The lowest BCUT2D eigenvalue weighted by Crippen LogP contribution is -2.15. The summed E-state index contributed by atoms with van der Waals surface area (Å²) >= 11 is 3.05. The monoisotopic (exact) mass is 323 g/mol. The highest BCUT2D eigenvalue weighted by Crippen LogP contribution is 2.24. The summed E-state index contributed by atoms with van der Waals surface area (Å²) in [7, 11) is 0. The molecular weight excluding hydrogens is 318 g/mol. The molecule has 7 nitrogen and oxygen atoms in total. The summed E-state index contributed by atoms with van der Waals surface area (Å²) in [6.45, 7) is 0. The molecule has 0 spiro atoms. The van der Waals surface area contributed by atoms with Crippen molar-refractivity contribution in [2.24, 2.45) is 0 Å². The van der Waals surface area contributed by atoms with Crippen LogP contribution in [0.25, 0.3) is 0 Å². The number of rotatable bonds is 2. The average molecular weight is 324 g/mol. The minimum atomic E-state index is -0.975. The Morgan fingerprint density at radius 2 is 1.84 bits per heavy atom. The topological polar surface area (TPSA) is 102 Å². The fourth-order valence-electron chi connectivity index (χ4n) is 1.17. The van der Waals surface area contributed by atoms with E-state index in [1.807, 2.05) is 0 Å². The fraction of sp³-hybridized carbons (Fsp3) is 0. The van der Waals surface area contributed by atoms with Gasteiger partial charge in [0.1, 0.15) is 18.4 Å². The summed E-state index contributed by atoms with van der Waals surface area (Å²) < 4.78 is 4.90. The predicted octanol–water partition coefficient (Wildman–Crippen LogP) is 1.34. The molecule has 2 aromatic rings. The number of carbonyl (C=O) groups excluding carboxylic acids is 2. The van der Waals surface area contributed by atoms with Crippen LogP contribution in [0.3, 0.4) is 0 Å². The molecule has 19 heavy (non-hydrogen) atoms. The third-order valence-electron chi connectivity index (χ3n) is 2.04. The van der Waals surface area contributed by atoms with E-state index < -0.39 is 11.9 Å². The predicted molar refractivity (Wildman–Crippen MR) is 65.4 cm³/mol. The first-order valence-corrected chi connectivity index (χ1v) is 5.74. The van der Waals surface area contributed by atoms with E-state index in [1.165, 1.54) is 18.2 Å². The van der Waals surface area contributed by atoms with Gasteiger partial charge in [0.25, 0.3) is 0 Å². The minimum absolute atomic E-state index is 0.0275. The highest BCUT2D eigenvalue weighted by Gasteiger charge is 2.17. The minimum Gasteiger partial charge on any atom is -0.507 e. The van der Waals surface area contributed by atoms with Crippen LogP contribution in [-0.4, -0.2) is 32.0 Å². The van der Waals surface area contributed by atoms with Crippen molar-refractivity contribution in [3.63, 3.8) is 0 Å². The molecular formula is C11H6BrN3O4. The number of hydrogen-bond acceptors (Lipinski definition) is 7. The second-order valence-electron chi connectivity index (χ2n) is 3.30. The number of aromatic hydroxyl groups is 1. The molecule has 0 aliphatic rings. The van der Waals surface area contributed by atoms with Gasteiger partial charge in [-0.2, -0.15) is 0 Å². The van der Waals surface area contributed by atoms with Gasteiger partial charge in [-0.15, -0.1) is 0 Å². The number of phenolic OH excluding ortho intramolecular Hbond substituents is 1. The number of benzene rings is 1. The molecule has 8 heteroatoms. The van der Waals surface area contributed by atoms with Gasteiger partial charge in [0.05, 0.1) is 10.0 Å². The van der Waals surface area contributed by atoms with E-state index in [0.717, 1.165) is 12.7 Å². The molecule has 96 valence electrons. The van der Waals surface area contributed by atoms with E-state index in [2.05, 4.69) is 35.6 Å². The third kappa shape index (κ3) is 3.10. The van der Waals surface area contributed by atoms with Gasteiger partial charge in [-0.3, -0.25) is 0 Å². The number of esters is 2. The zero-order chi connectivity index (χ0) is 13.8. The van der Waals surface area contributed by atoms with Gasteiger partial charge in [0.15, 0.2) is 0 Å². The van der Waals surface area contributed by atoms with Gasteiger partial charge < -0.3 is 9.84 Å². The van der Waals surface area contributed by atoms with E-state index in [9.17, 15) is 14.7 Å². The van der Waals surface area contributed by atoms with Gasteiger partial charge >= 0.3 is 11.9 Å². The number of ether oxygens (including phenoxy) is 1. The van der Waals surface area contributed by atoms with Crippen LogP contribution in [0, 0.1) is 0 Å². The summed E-state index contributed by atoms with van der Waals surface area (Å²) in [6, 6.07) is 3.95. The molecule has 1 aromatic carbocycles.